The maximum atomic E-state index is 13.8. The first-order valence-electron chi connectivity index (χ1n) is 7.61. The molecular formula is C18H17FN4O. The Morgan fingerprint density at radius 2 is 1.96 bits per heavy atom. The van der Waals surface area contributed by atoms with Crippen LogP contribution in [0.4, 0.5) is 10.1 Å². The third-order valence-electron chi connectivity index (χ3n) is 3.58. The van der Waals surface area contributed by atoms with Crippen LogP contribution in [0.15, 0.2) is 55.0 Å². The molecule has 3 aromatic rings. The number of halogens is 1. The number of nitrogens with one attached hydrogen (secondary N) is 1. The van der Waals surface area contributed by atoms with Crippen LogP contribution in [0.1, 0.15) is 35.8 Å². The molecular weight excluding hydrogens is 307 g/mol. The van der Waals surface area contributed by atoms with Gasteiger partial charge in [-0.15, -0.1) is 0 Å². The van der Waals surface area contributed by atoms with Crippen LogP contribution >= 0.6 is 0 Å². The van der Waals surface area contributed by atoms with Crippen molar-refractivity contribution in [3.8, 4) is 5.69 Å². The predicted octanol–water partition coefficient (Wildman–Crippen LogP) is 3.78. The molecule has 1 N–H and O–H groups in total. The summed E-state index contributed by atoms with van der Waals surface area (Å²) in [6, 6.07) is 9.88. The van der Waals surface area contributed by atoms with Gasteiger partial charge in [-0.05, 0) is 30.2 Å². The highest BCUT2D eigenvalue weighted by Gasteiger charge is 2.11. The number of aromatic nitrogens is 3. The van der Waals surface area contributed by atoms with E-state index in [0.717, 1.165) is 5.69 Å². The zero-order valence-electron chi connectivity index (χ0n) is 13.4. The van der Waals surface area contributed by atoms with Crippen LogP contribution in [0.25, 0.3) is 5.69 Å². The molecule has 24 heavy (non-hydrogen) atoms. The molecule has 0 bridgehead atoms. The molecule has 0 radical (unpaired) electrons. The van der Waals surface area contributed by atoms with Crippen LogP contribution in [0.2, 0.25) is 0 Å². The number of carbonyl (C=O) groups is 1. The summed E-state index contributed by atoms with van der Waals surface area (Å²) >= 11 is 0. The molecule has 0 atom stereocenters. The minimum atomic E-state index is -0.382. The van der Waals surface area contributed by atoms with Crippen molar-refractivity contribution in [2.24, 2.45) is 0 Å². The van der Waals surface area contributed by atoms with Gasteiger partial charge in [0.1, 0.15) is 11.5 Å². The molecule has 0 spiro atoms. The Balaban J connectivity index is 1.75. The van der Waals surface area contributed by atoms with Gasteiger partial charge in [0.05, 0.1) is 23.6 Å². The number of benzene rings is 1. The van der Waals surface area contributed by atoms with Crippen molar-refractivity contribution in [3.05, 3.63) is 72.1 Å². The van der Waals surface area contributed by atoms with Crippen LogP contribution in [0.5, 0.6) is 0 Å². The standard InChI is InChI=1S/C18H17FN4O/c1-12(2)16-8-7-13(9-20-16)18(24)22-14-10-21-23(11-14)17-6-4-3-5-15(17)19/h3-12H,1-2H3,(H,22,24). The molecule has 6 heteroatoms. The summed E-state index contributed by atoms with van der Waals surface area (Å²) in [4.78, 5) is 16.5. The van der Waals surface area contributed by atoms with Crippen molar-refractivity contribution < 1.29 is 9.18 Å². The number of rotatable bonds is 4. The van der Waals surface area contributed by atoms with Crippen LogP contribution in [-0.2, 0) is 0 Å². The monoisotopic (exact) mass is 324 g/mol. The fourth-order valence-electron chi connectivity index (χ4n) is 2.24. The fourth-order valence-corrected chi connectivity index (χ4v) is 2.24. The van der Waals surface area contributed by atoms with Gasteiger partial charge in [0.25, 0.3) is 5.91 Å². The van der Waals surface area contributed by atoms with Crippen molar-refractivity contribution in [2.45, 2.75) is 19.8 Å². The fraction of sp³-hybridized carbons (Fsp3) is 0.167. The zero-order chi connectivity index (χ0) is 17.1. The lowest BCUT2D eigenvalue weighted by atomic mass is 10.1. The van der Waals surface area contributed by atoms with Gasteiger partial charge in [0.2, 0.25) is 0 Å². The Bertz CT molecular complexity index is 855. The van der Waals surface area contributed by atoms with Crippen LogP contribution in [0, 0.1) is 5.82 Å². The van der Waals surface area contributed by atoms with Gasteiger partial charge in [0.15, 0.2) is 0 Å². The summed E-state index contributed by atoms with van der Waals surface area (Å²) in [6.07, 6.45) is 4.58. The largest absolute Gasteiger partial charge is 0.319 e. The number of carbonyl (C=O) groups excluding carboxylic acids is 1. The summed E-state index contributed by atoms with van der Waals surface area (Å²) in [6.45, 7) is 4.08. The van der Waals surface area contributed by atoms with E-state index in [4.69, 9.17) is 0 Å². The van der Waals surface area contributed by atoms with Gasteiger partial charge in [-0.25, -0.2) is 9.07 Å². The van der Waals surface area contributed by atoms with Gasteiger partial charge >= 0.3 is 0 Å². The molecule has 1 aromatic carbocycles. The average Bonchev–Trinajstić information content (AvgIpc) is 3.03. The third kappa shape index (κ3) is 3.32. The highest BCUT2D eigenvalue weighted by atomic mass is 19.1. The number of hydrogen-bond donors (Lipinski definition) is 1. The number of amides is 1. The van der Waals surface area contributed by atoms with E-state index in [2.05, 4.69) is 15.4 Å². The lowest BCUT2D eigenvalue weighted by Gasteiger charge is -2.06. The van der Waals surface area contributed by atoms with E-state index in [1.165, 1.54) is 16.9 Å². The number of nitrogens with zero attached hydrogens (tertiary/aromatic N) is 3. The minimum absolute atomic E-state index is 0.286. The Hall–Kier alpha value is -3.02. The maximum Gasteiger partial charge on any atom is 0.257 e. The Labute approximate surface area is 139 Å². The molecule has 1 amide bonds. The van der Waals surface area contributed by atoms with E-state index in [1.807, 2.05) is 19.9 Å². The predicted molar refractivity (Wildman–Crippen MR) is 89.8 cm³/mol. The van der Waals surface area contributed by atoms with E-state index in [9.17, 15) is 9.18 Å². The van der Waals surface area contributed by atoms with Crippen molar-refractivity contribution in [1.82, 2.24) is 14.8 Å². The van der Waals surface area contributed by atoms with E-state index in [0.29, 0.717) is 22.9 Å². The van der Waals surface area contributed by atoms with Crippen LogP contribution in [0.3, 0.4) is 0 Å². The number of para-hydroxylation sites is 1. The Morgan fingerprint density at radius 3 is 2.62 bits per heavy atom. The lowest BCUT2D eigenvalue weighted by molar-refractivity contribution is 0.102. The summed E-state index contributed by atoms with van der Waals surface area (Å²) in [7, 11) is 0. The van der Waals surface area contributed by atoms with E-state index in [-0.39, 0.29) is 11.7 Å². The van der Waals surface area contributed by atoms with E-state index >= 15 is 0 Å². The van der Waals surface area contributed by atoms with Gasteiger partial charge < -0.3 is 5.32 Å². The highest BCUT2D eigenvalue weighted by molar-refractivity contribution is 6.03. The van der Waals surface area contributed by atoms with Crippen LogP contribution in [-0.4, -0.2) is 20.7 Å². The summed E-state index contributed by atoms with van der Waals surface area (Å²) < 4.78 is 15.1. The summed E-state index contributed by atoms with van der Waals surface area (Å²) in [5.74, 6) is -0.362. The van der Waals surface area contributed by atoms with E-state index in [1.54, 1.807) is 36.7 Å². The molecule has 2 heterocycles. The summed E-state index contributed by atoms with van der Waals surface area (Å²) in [5, 5.41) is 6.81. The van der Waals surface area contributed by atoms with Gasteiger partial charge in [-0.3, -0.25) is 9.78 Å². The average molecular weight is 324 g/mol. The highest BCUT2D eigenvalue weighted by Crippen LogP contribution is 2.16. The molecule has 2 aromatic heterocycles. The van der Waals surface area contributed by atoms with Gasteiger partial charge in [-0.2, -0.15) is 5.10 Å². The van der Waals surface area contributed by atoms with Gasteiger partial charge in [-0.1, -0.05) is 26.0 Å². The molecule has 0 saturated heterocycles. The number of hydrogen-bond acceptors (Lipinski definition) is 3. The topological polar surface area (TPSA) is 59.8 Å². The first kappa shape index (κ1) is 15.9. The third-order valence-corrected chi connectivity index (χ3v) is 3.58. The normalized spacial score (nSPS) is 10.8. The second kappa shape index (κ2) is 6.62. The molecule has 0 unspecified atom stereocenters. The first-order chi connectivity index (χ1) is 11.5. The molecule has 0 aliphatic heterocycles. The SMILES string of the molecule is CC(C)c1ccc(C(=O)Nc2cnn(-c3ccccc3F)c2)cn1. The molecule has 0 aliphatic rings. The summed E-state index contributed by atoms with van der Waals surface area (Å²) in [5.41, 5.74) is 2.19. The Kier molecular flexibility index (Phi) is 4.37. The second-order valence-corrected chi connectivity index (χ2v) is 5.71. The molecule has 0 saturated carbocycles. The smallest absolute Gasteiger partial charge is 0.257 e. The minimum Gasteiger partial charge on any atom is -0.319 e. The quantitative estimate of drug-likeness (QED) is 0.794. The molecule has 3 rings (SSSR count). The first-order valence-corrected chi connectivity index (χ1v) is 7.61. The number of anilines is 1. The number of pyridine rings is 1. The molecule has 0 aliphatic carbocycles. The van der Waals surface area contributed by atoms with Crippen molar-refractivity contribution >= 4 is 11.6 Å². The van der Waals surface area contributed by atoms with Crippen LogP contribution < -0.4 is 5.32 Å². The van der Waals surface area contributed by atoms with Crippen molar-refractivity contribution in [1.29, 1.82) is 0 Å². The lowest BCUT2D eigenvalue weighted by Crippen LogP contribution is -2.12. The van der Waals surface area contributed by atoms with E-state index < -0.39 is 0 Å². The molecule has 122 valence electrons. The zero-order valence-corrected chi connectivity index (χ0v) is 13.4. The maximum absolute atomic E-state index is 13.8. The van der Waals surface area contributed by atoms with Gasteiger partial charge in [0, 0.05) is 11.9 Å². The Morgan fingerprint density at radius 1 is 1.17 bits per heavy atom. The van der Waals surface area contributed by atoms with Crippen molar-refractivity contribution in [2.75, 3.05) is 5.32 Å². The molecule has 0 fully saturated rings. The second-order valence-electron chi connectivity index (χ2n) is 5.71. The molecule has 5 nitrogen and oxygen atoms in total. The van der Waals surface area contributed by atoms with Crippen molar-refractivity contribution in [3.63, 3.8) is 0 Å².